The molecule has 366 valence electrons. The predicted molar refractivity (Wildman–Crippen MR) is 265 cm³/mol. The van der Waals surface area contributed by atoms with Crippen molar-refractivity contribution in [3.05, 3.63) is 36.5 Å². The maximum absolute atomic E-state index is 12.9. The van der Waals surface area contributed by atoms with Gasteiger partial charge in [0.05, 0.1) is 39.9 Å². The van der Waals surface area contributed by atoms with Crippen molar-refractivity contribution in [3.8, 4) is 0 Å². The fourth-order valence-electron chi connectivity index (χ4n) is 7.63. The molecule has 0 radical (unpaired) electrons. The van der Waals surface area contributed by atoms with Crippen molar-refractivity contribution in [1.82, 2.24) is 5.32 Å². The highest BCUT2D eigenvalue weighted by Gasteiger charge is 2.23. The lowest BCUT2D eigenvalue weighted by atomic mass is 10.0. The van der Waals surface area contributed by atoms with E-state index in [1.54, 1.807) is 6.08 Å². The number of phosphoric ester groups is 1. The van der Waals surface area contributed by atoms with Crippen molar-refractivity contribution in [3.63, 3.8) is 0 Å². The number of nitrogens with zero attached hydrogens (tertiary/aromatic N) is 1. The third-order valence-corrected chi connectivity index (χ3v) is 12.8. The van der Waals surface area contributed by atoms with Gasteiger partial charge in [0.1, 0.15) is 13.2 Å². The molecule has 0 aromatic rings. The van der Waals surface area contributed by atoms with Crippen LogP contribution in [0.1, 0.15) is 245 Å². The van der Waals surface area contributed by atoms with Gasteiger partial charge >= 0.3 is 0 Å². The molecule has 0 aliphatic rings. The number of hydrogen-bond donors (Lipinski definition) is 2. The van der Waals surface area contributed by atoms with Crippen LogP contribution < -0.4 is 10.2 Å². The summed E-state index contributed by atoms with van der Waals surface area (Å²) in [7, 11) is 1.25. The standard InChI is InChI=1S/C53H103N2O6P/c1-6-8-10-12-14-16-18-19-20-21-22-23-24-25-26-27-28-29-30-31-32-33-34-35-37-39-41-43-45-47-53(57)54-51(50-61-62(58,59)60-49-48-55(3,4)5)52(56)46-44-42-40-38-36-17-15-13-11-9-7-2/h21-22,36,38,44,46,51-52,56H,6-20,23-35,37,39-43,45,47-50H2,1-5H3,(H-,54,57,58,59)/b22-21-,38-36+,46-44+. The fraction of sp³-hybridized carbons (Fsp3) is 0.868. The van der Waals surface area contributed by atoms with Crippen LogP contribution in [0.25, 0.3) is 0 Å². The first-order valence-corrected chi connectivity index (χ1v) is 27.8. The van der Waals surface area contributed by atoms with Crippen LogP contribution in [0.4, 0.5) is 0 Å². The summed E-state index contributed by atoms with van der Waals surface area (Å²) in [6, 6.07) is -0.900. The number of quaternary nitrogens is 1. The second kappa shape index (κ2) is 44.9. The average Bonchev–Trinajstić information content (AvgIpc) is 3.23. The Labute approximate surface area is 385 Å². The number of aliphatic hydroxyl groups is 1. The zero-order valence-corrected chi connectivity index (χ0v) is 42.5. The zero-order valence-electron chi connectivity index (χ0n) is 41.6. The molecule has 0 aromatic carbocycles. The molecule has 0 spiro atoms. The van der Waals surface area contributed by atoms with Gasteiger partial charge in [0.25, 0.3) is 7.82 Å². The second-order valence-electron chi connectivity index (χ2n) is 19.2. The summed E-state index contributed by atoms with van der Waals surface area (Å²) in [5, 5.41) is 13.8. The Morgan fingerprint density at radius 1 is 0.548 bits per heavy atom. The molecule has 0 saturated heterocycles. The van der Waals surface area contributed by atoms with E-state index < -0.39 is 26.6 Å². The maximum atomic E-state index is 12.9. The lowest BCUT2D eigenvalue weighted by Gasteiger charge is -2.29. The molecule has 0 saturated carbocycles. The van der Waals surface area contributed by atoms with Gasteiger partial charge in [0.15, 0.2) is 0 Å². The van der Waals surface area contributed by atoms with E-state index in [-0.39, 0.29) is 12.5 Å². The molecule has 3 unspecified atom stereocenters. The number of allylic oxidation sites excluding steroid dienone is 5. The number of unbranched alkanes of at least 4 members (excludes halogenated alkanes) is 31. The molecule has 0 bridgehead atoms. The molecule has 1 amide bonds. The van der Waals surface area contributed by atoms with E-state index in [2.05, 4.69) is 43.5 Å². The number of hydrogen-bond acceptors (Lipinski definition) is 6. The van der Waals surface area contributed by atoms with Crippen LogP contribution in [0.2, 0.25) is 0 Å². The highest BCUT2D eigenvalue weighted by Crippen LogP contribution is 2.38. The fourth-order valence-corrected chi connectivity index (χ4v) is 8.36. The Hall–Kier alpha value is -1.28. The van der Waals surface area contributed by atoms with E-state index in [0.29, 0.717) is 17.4 Å². The van der Waals surface area contributed by atoms with Crippen LogP contribution in [0.5, 0.6) is 0 Å². The molecule has 2 N–H and O–H groups in total. The highest BCUT2D eigenvalue weighted by molar-refractivity contribution is 7.45. The molecular formula is C53H103N2O6P. The molecular weight excluding hydrogens is 792 g/mol. The van der Waals surface area contributed by atoms with Crippen LogP contribution in [0.15, 0.2) is 36.5 Å². The maximum Gasteiger partial charge on any atom is 0.268 e. The molecule has 0 fully saturated rings. The SMILES string of the molecule is CCCCCCC/C=C/CC/C=C/C(O)C(COP(=O)([O-])OCC[N+](C)(C)C)NC(=O)CCCCCCCCCCCCCCCCCCC/C=C\CCCCCCCCCC. The summed E-state index contributed by atoms with van der Waals surface area (Å²) < 4.78 is 23.2. The molecule has 8 nitrogen and oxygen atoms in total. The van der Waals surface area contributed by atoms with E-state index in [1.807, 2.05) is 27.2 Å². The number of amides is 1. The number of likely N-dealkylation sites (N-methyl/N-ethyl adjacent to an activating group) is 1. The molecule has 9 heteroatoms. The molecule has 0 rings (SSSR count). The van der Waals surface area contributed by atoms with Gasteiger partial charge in [-0.2, -0.15) is 0 Å². The lowest BCUT2D eigenvalue weighted by Crippen LogP contribution is -2.45. The molecule has 3 atom stereocenters. The third-order valence-electron chi connectivity index (χ3n) is 11.8. The van der Waals surface area contributed by atoms with Gasteiger partial charge in [-0.05, 0) is 57.8 Å². The topological polar surface area (TPSA) is 108 Å². The van der Waals surface area contributed by atoms with Crippen LogP contribution in [-0.2, 0) is 18.4 Å². The Morgan fingerprint density at radius 2 is 0.903 bits per heavy atom. The number of aliphatic hydroxyl groups excluding tert-OH is 1. The Kier molecular flexibility index (Phi) is 44.0. The van der Waals surface area contributed by atoms with Crippen LogP contribution >= 0.6 is 7.82 Å². The highest BCUT2D eigenvalue weighted by atomic mass is 31.2. The normalized spacial score (nSPS) is 14.4. The minimum absolute atomic E-state index is 0.00551. The molecule has 0 aliphatic heterocycles. The van der Waals surface area contributed by atoms with Crippen LogP contribution in [0.3, 0.4) is 0 Å². The van der Waals surface area contributed by atoms with E-state index >= 15 is 0 Å². The van der Waals surface area contributed by atoms with Crippen molar-refractivity contribution >= 4 is 13.7 Å². The first-order valence-electron chi connectivity index (χ1n) is 26.4. The van der Waals surface area contributed by atoms with E-state index in [4.69, 9.17) is 9.05 Å². The van der Waals surface area contributed by atoms with Crippen molar-refractivity contribution in [2.24, 2.45) is 0 Å². The average molecular weight is 895 g/mol. The number of nitrogens with one attached hydrogen (secondary N) is 1. The first kappa shape index (κ1) is 60.7. The number of phosphoric acid groups is 1. The van der Waals surface area contributed by atoms with Gasteiger partial charge in [0.2, 0.25) is 5.91 Å². The minimum atomic E-state index is -4.59. The summed E-state index contributed by atoms with van der Waals surface area (Å²) >= 11 is 0. The van der Waals surface area contributed by atoms with Crippen molar-refractivity contribution < 1.29 is 32.9 Å². The first-order chi connectivity index (χ1) is 30.0. The van der Waals surface area contributed by atoms with Gasteiger partial charge in [-0.15, -0.1) is 0 Å². The van der Waals surface area contributed by atoms with E-state index in [9.17, 15) is 19.4 Å². The zero-order chi connectivity index (χ0) is 45.7. The van der Waals surface area contributed by atoms with Gasteiger partial charge in [-0.3, -0.25) is 9.36 Å². The Morgan fingerprint density at radius 3 is 1.31 bits per heavy atom. The largest absolute Gasteiger partial charge is 0.756 e. The summed E-state index contributed by atoms with van der Waals surface area (Å²) in [5.41, 5.74) is 0. The van der Waals surface area contributed by atoms with Crippen LogP contribution in [-0.4, -0.2) is 68.5 Å². The van der Waals surface area contributed by atoms with Gasteiger partial charge in [-0.1, -0.05) is 217 Å². The van der Waals surface area contributed by atoms with Crippen molar-refractivity contribution in [2.75, 3.05) is 40.9 Å². The molecule has 0 aliphatic carbocycles. The number of rotatable bonds is 48. The van der Waals surface area contributed by atoms with Crippen LogP contribution in [0, 0.1) is 0 Å². The minimum Gasteiger partial charge on any atom is -0.756 e. The molecule has 0 heterocycles. The van der Waals surface area contributed by atoms with Crippen molar-refractivity contribution in [2.45, 2.75) is 257 Å². The van der Waals surface area contributed by atoms with E-state index in [0.717, 1.165) is 38.5 Å². The van der Waals surface area contributed by atoms with Gasteiger partial charge in [0, 0.05) is 6.42 Å². The summed E-state index contributed by atoms with van der Waals surface area (Å²) in [4.78, 5) is 25.3. The molecule has 0 aromatic heterocycles. The third kappa shape index (κ3) is 46.7. The molecule has 62 heavy (non-hydrogen) atoms. The van der Waals surface area contributed by atoms with Gasteiger partial charge in [-0.25, -0.2) is 0 Å². The summed E-state index contributed by atoms with van der Waals surface area (Å²) in [6.45, 7) is 4.61. The van der Waals surface area contributed by atoms with E-state index in [1.165, 1.54) is 186 Å². The van der Waals surface area contributed by atoms with Crippen molar-refractivity contribution in [1.29, 1.82) is 0 Å². The second-order valence-corrected chi connectivity index (χ2v) is 20.6. The number of carbonyl (C=O) groups is 1. The quantitative estimate of drug-likeness (QED) is 0.0273. The Balaban J connectivity index is 4.06. The predicted octanol–water partition coefficient (Wildman–Crippen LogP) is 14.8. The lowest BCUT2D eigenvalue weighted by molar-refractivity contribution is -0.870. The smallest absolute Gasteiger partial charge is 0.268 e. The Bertz CT molecular complexity index is 1110. The summed E-state index contributed by atoms with van der Waals surface area (Å²) in [5.74, 6) is -0.206. The van der Waals surface area contributed by atoms with Gasteiger partial charge < -0.3 is 28.8 Å². The monoisotopic (exact) mass is 895 g/mol. The summed E-state index contributed by atoms with van der Waals surface area (Å²) in [6.07, 6.45) is 56.6. The number of carbonyl (C=O) groups excluding carboxylic acids is 1.